The number of hydrogen-bond donors (Lipinski definition) is 1. The van der Waals surface area contributed by atoms with E-state index in [1.165, 1.54) is 5.69 Å². The lowest BCUT2D eigenvalue weighted by atomic mass is 10.00. The van der Waals surface area contributed by atoms with Crippen LogP contribution >= 0.6 is 11.6 Å². The molecule has 0 saturated heterocycles. The van der Waals surface area contributed by atoms with Crippen molar-refractivity contribution in [1.82, 2.24) is 10.2 Å². The molecule has 88 valence electrons. The van der Waals surface area contributed by atoms with Crippen LogP contribution in [0.25, 0.3) is 11.3 Å². The first kappa shape index (κ1) is 10.8. The fraction of sp³-hybridized carbons (Fsp3) is 0.308. The van der Waals surface area contributed by atoms with Gasteiger partial charge in [0.25, 0.3) is 0 Å². The highest BCUT2D eigenvalue weighted by Crippen LogP contribution is 2.34. The first-order valence-corrected chi connectivity index (χ1v) is 6.04. The topological polar surface area (TPSA) is 37.9 Å². The Balaban J connectivity index is 2.19. The van der Waals surface area contributed by atoms with Crippen molar-refractivity contribution in [3.8, 4) is 11.3 Å². The van der Waals surface area contributed by atoms with Gasteiger partial charge in [0.05, 0.1) is 23.9 Å². The summed E-state index contributed by atoms with van der Waals surface area (Å²) in [7, 11) is 0. The van der Waals surface area contributed by atoms with Crippen LogP contribution in [0.5, 0.6) is 0 Å². The largest absolute Gasteiger partial charge is 0.376 e. The summed E-state index contributed by atoms with van der Waals surface area (Å²) in [5.74, 6) is 0. The summed E-state index contributed by atoms with van der Waals surface area (Å²) in [6.07, 6.45) is 0.895. The number of nitrogens with one attached hydrogen (secondary N) is 1. The van der Waals surface area contributed by atoms with E-state index in [1.807, 2.05) is 25.1 Å². The predicted octanol–water partition coefficient (Wildman–Crippen LogP) is 3.11. The third-order valence-corrected chi connectivity index (χ3v) is 3.47. The summed E-state index contributed by atoms with van der Waals surface area (Å²) < 4.78 is 5.49. The summed E-state index contributed by atoms with van der Waals surface area (Å²) in [5.41, 5.74) is 5.40. The van der Waals surface area contributed by atoms with E-state index in [1.54, 1.807) is 0 Å². The Morgan fingerprint density at radius 2 is 2.29 bits per heavy atom. The molecule has 3 nitrogen and oxygen atoms in total. The van der Waals surface area contributed by atoms with Crippen molar-refractivity contribution in [2.45, 2.75) is 20.0 Å². The number of aromatic amines is 1. The minimum Gasteiger partial charge on any atom is -0.376 e. The van der Waals surface area contributed by atoms with E-state index in [2.05, 4.69) is 10.2 Å². The maximum Gasteiger partial charge on any atom is 0.0996 e. The van der Waals surface area contributed by atoms with E-state index in [-0.39, 0.29) is 0 Å². The lowest BCUT2D eigenvalue weighted by molar-refractivity contribution is 0.110. The number of ether oxygens (including phenoxy) is 1. The molecule has 2 heterocycles. The van der Waals surface area contributed by atoms with Crippen molar-refractivity contribution in [3.63, 3.8) is 0 Å². The number of aryl methyl sites for hydroxylation is 1. The fourth-order valence-electron chi connectivity index (χ4n) is 2.25. The van der Waals surface area contributed by atoms with Crippen LogP contribution < -0.4 is 0 Å². The maximum atomic E-state index is 6.27. The van der Waals surface area contributed by atoms with Gasteiger partial charge in [0, 0.05) is 23.2 Å². The Labute approximate surface area is 105 Å². The molecule has 3 rings (SSSR count). The van der Waals surface area contributed by atoms with Crippen LogP contribution in [-0.4, -0.2) is 16.8 Å². The van der Waals surface area contributed by atoms with Gasteiger partial charge in [0.2, 0.25) is 0 Å². The number of rotatable bonds is 1. The van der Waals surface area contributed by atoms with Gasteiger partial charge in [-0.05, 0) is 18.6 Å². The van der Waals surface area contributed by atoms with Gasteiger partial charge in [-0.2, -0.15) is 5.10 Å². The Kier molecular flexibility index (Phi) is 2.65. The zero-order chi connectivity index (χ0) is 11.8. The number of fused-ring (bicyclic) bond motifs is 1. The van der Waals surface area contributed by atoms with Gasteiger partial charge >= 0.3 is 0 Å². The molecule has 1 N–H and O–H groups in total. The minimum atomic E-state index is 0.617. The summed E-state index contributed by atoms with van der Waals surface area (Å²) in [4.78, 5) is 0. The SMILES string of the molecule is Cc1cccc(Cl)c1-c1n[nH]c2c1COCC2. The monoisotopic (exact) mass is 248 g/mol. The Morgan fingerprint density at radius 3 is 3.12 bits per heavy atom. The number of hydrogen-bond acceptors (Lipinski definition) is 2. The second-order valence-corrected chi connectivity index (χ2v) is 4.67. The van der Waals surface area contributed by atoms with Gasteiger partial charge in [0.1, 0.15) is 0 Å². The van der Waals surface area contributed by atoms with Gasteiger partial charge in [0.15, 0.2) is 0 Å². The van der Waals surface area contributed by atoms with Crippen molar-refractivity contribution in [1.29, 1.82) is 0 Å². The lowest BCUT2D eigenvalue weighted by Crippen LogP contribution is -2.09. The molecule has 1 aromatic carbocycles. The van der Waals surface area contributed by atoms with Crippen LogP contribution in [0.2, 0.25) is 5.02 Å². The van der Waals surface area contributed by atoms with Crippen molar-refractivity contribution in [2.75, 3.05) is 6.61 Å². The molecule has 17 heavy (non-hydrogen) atoms. The van der Waals surface area contributed by atoms with E-state index in [9.17, 15) is 0 Å². The third kappa shape index (κ3) is 1.75. The van der Waals surface area contributed by atoms with Crippen molar-refractivity contribution < 1.29 is 4.74 Å². The van der Waals surface area contributed by atoms with Gasteiger partial charge in [-0.25, -0.2) is 0 Å². The molecule has 0 unspecified atom stereocenters. The summed E-state index contributed by atoms with van der Waals surface area (Å²) in [6.45, 7) is 3.42. The molecular weight excluding hydrogens is 236 g/mol. The molecule has 1 aliphatic heterocycles. The molecule has 0 bridgehead atoms. The molecule has 1 aliphatic rings. The fourth-order valence-corrected chi connectivity index (χ4v) is 2.56. The minimum absolute atomic E-state index is 0.617. The average molecular weight is 249 g/mol. The molecular formula is C13H13ClN2O. The normalized spacial score (nSPS) is 14.7. The van der Waals surface area contributed by atoms with Crippen molar-refractivity contribution in [2.24, 2.45) is 0 Å². The molecule has 0 spiro atoms. The molecule has 0 amide bonds. The summed E-state index contributed by atoms with van der Waals surface area (Å²) in [5, 5.41) is 8.23. The molecule has 4 heteroatoms. The van der Waals surface area contributed by atoms with E-state index < -0.39 is 0 Å². The van der Waals surface area contributed by atoms with Crippen LogP contribution in [-0.2, 0) is 17.8 Å². The van der Waals surface area contributed by atoms with Crippen LogP contribution in [0.15, 0.2) is 18.2 Å². The maximum absolute atomic E-state index is 6.27. The number of benzene rings is 1. The van der Waals surface area contributed by atoms with Gasteiger partial charge < -0.3 is 4.74 Å². The van der Waals surface area contributed by atoms with E-state index >= 15 is 0 Å². The molecule has 0 radical (unpaired) electrons. The van der Waals surface area contributed by atoms with Crippen molar-refractivity contribution >= 4 is 11.6 Å². The number of nitrogens with zero attached hydrogens (tertiary/aromatic N) is 1. The van der Waals surface area contributed by atoms with Crippen LogP contribution in [0.4, 0.5) is 0 Å². The Hall–Kier alpha value is -1.32. The molecule has 0 fully saturated rings. The highest BCUT2D eigenvalue weighted by atomic mass is 35.5. The van der Waals surface area contributed by atoms with Crippen LogP contribution in [0, 0.1) is 6.92 Å². The molecule has 0 saturated carbocycles. The first-order chi connectivity index (χ1) is 8.27. The van der Waals surface area contributed by atoms with Crippen LogP contribution in [0.1, 0.15) is 16.8 Å². The molecule has 0 atom stereocenters. The average Bonchev–Trinajstić information content (AvgIpc) is 2.73. The van der Waals surface area contributed by atoms with E-state index in [0.717, 1.165) is 40.4 Å². The Bertz CT molecular complexity index is 542. The van der Waals surface area contributed by atoms with Gasteiger partial charge in [-0.15, -0.1) is 0 Å². The smallest absolute Gasteiger partial charge is 0.0996 e. The van der Waals surface area contributed by atoms with Gasteiger partial charge in [-0.3, -0.25) is 5.10 Å². The third-order valence-electron chi connectivity index (χ3n) is 3.15. The van der Waals surface area contributed by atoms with E-state index in [4.69, 9.17) is 16.3 Å². The number of halogens is 1. The quantitative estimate of drug-likeness (QED) is 0.842. The summed E-state index contributed by atoms with van der Waals surface area (Å²) >= 11 is 6.27. The zero-order valence-corrected chi connectivity index (χ0v) is 10.3. The molecule has 2 aromatic rings. The van der Waals surface area contributed by atoms with Crippen molar-refractivity contribution in [3.05, 3.63) is 40.0 Å². The first-order valence-electron chi connectivity index (χ1n) is 5.66. The Morgan fingerprint density at radius 1 is 1.41 bits per heavy atom. The molecule has 1 aromatic heterocycles. The highest BCUT2D eigenvalue weighted by molar-refractivity contribution is 6.33. The number of H-pyrrole nitrogens is 1. The van der Waals surface area contributed by atoms with Crippen LogP contribution in [0.3, 0.4) is 0 Å². The predicted molar refractivity (Wildman–Crippen MR) is 67.1 cm³/mol. The lowest BCUT2D eigenvalue weighted by Gasteiger charge is -2.13. The summed E-state index contributed by atoms with van der Waals surface area (Å²) in [6, 6.07) is 5.90. The second kappa shape index (κ2) is 4.17. The highest BCUT2D eigenvalue weighted by Gasteiger charge is 2.20. The van der Waals surface area contributed by atoms with E-state index in [0.29, 0.717) is 6.61 Å². The molecule has 0 aliphatic carbocycles. The standard InChI is InChI=1S/C13H13ClN2O/c1-8-3-2-4-10(14)12(8)13-9-7-17-6-5-11(9)15-16-13/h2-4H,5-7H2,1H3,(H,15,16). The zero-order valence-electron chi connectivity index (χ0n) is 9.59. The number of aromatic nitrogens is 2. The second-order valence-electron chi connectivity index (χ2n) is 4.26. The van der Waals surface area contributed by atoms with Gasteiger partial charge in [-0.1, -0.05) is 23.7 Å².